The lowest BCUT2D eigenvalue weighted by atomic mass is 9.96. The van der Waals surface area contributed by atoms with Crippen LogP contribution in [-0.2, 0) is 54.0 Å². The lowest BCUT2D eigenvalue weighted by molar-refractivity contribution is -0.267. The van der Waals surface area contributed by atoms with Crippen molar-refractivity contribution in [2.24, 2.45) is 0 Å². The van der Waals surface area contributed by atoms with Gasteiger partial charge in [0, 0.05) is 39.5 Å². The number of rotatable bonds is 6. The Bertz CT molecular complexity index is 1250. The number of benzene rings is 1. The molecule has 0 saturated carbocycles. The molecule has 0 bridgehead atoms. The summed E-state index contributed by atoms with van der Waals surface area (Å²) >= 11 is 0. The van der Waals surface area contributed by atoms with Crippen LogP contribution in [0.2, 0.25) is 0 Å². The molecule has 1 aromatic heterocycles. The fourth-order valence-corrected chi connectivity index (χ4v) is 4.80. The molecule has 1 aromatic carbocycles. The SMILES string of the molecule is CC(=O)OC[C@H]1O[C@@H](n2c3c(c4ccccc42)CCOC3=O)[C@H](OC(C)=O)[C@@H](OC(C)=O)[C@H]1OC(C)=O. The van der Waals surface area contributed by atoms with E-state index in [2.05, 4.69) is 0 Å². The molecule has 0 aliphatic carbocycles. The van der Waals surface area contributed by atoms with E-state index in [1.165, 1.54) is 11.5 Å². The minimum Gasteiger partial charge on any atom is -0.463 e. The highest BCUT2D eigenvalue weighted by atomic mass is 16.7. The van der Waals surface area contributed by atoms with Gasteiger partial charge in [0.2, 0.25) is 0 Å². The summed E-state index contributed by atoms with van der Waals surface area (Å²) in [6.07, 6.45) is -5.97. The molecule has 12 nitrogen and oxygen atoms in total. The molecule has 0 unspecified atom stereocenters. The molecule has 2 aromatic rings. The molecule has 1 fully saturated rings. The molecule has 1 saturated heterocycles. The predicted molar refractivity (Wildman–Crippen MR) is 123 cm³/mol. The van der Waals surface area contributed by atoms with Crippen molar-refractivity contribution in [1.82, 2.24) is 4.57 Å². The monoisotopic (exact) mass is 517 g/mol. The third-order valence-corrected chi connectivity index (χ3v) is 6.01. The summed E-state index contributed by atoms with van der Waals surface area (Å²) < 4.78 is 34.8. The fraction of sp³-hybridized carbons (Fsp3) is 0.480. The number of ether oxygens (including phenoxy) is 6. The minimum atomic E-state index is -1.36. The van der Waals surface area contributed by atoms with E-state index in [-0.39, 0.29) is 18.9 Å². The number of esters is 5. The normalized spacial score (nSPS) is 25.0. The number of carbonyl (C=O) groups excluding carboxylic acids is 5. The summed E-state index contributed by atoms with van der Waals surface area (Å²) in [5, 5.41) is 0.766. The molecular formula is C25H27NO11. The van der Waals surface area contributed by atoms with Crippen molar-refractivity contribution in [2.45, 2.75) is 64.8 Å². The van der Waals surface area contributed by atoms with E-state index in [1.54, 1.807) is 12.1 Å². The number of carbonyl (C=O) groups is 5. The zero-order valence-electron chi connectivity index (χ0n) is 20.8. The number of hydrogen-bond donors (Lipinski definition) is 0. The zero-order valence-corrected chi connectivity index (χ0v) is 20.8. The van der Waals surface area contributed by atoms with Crippen LogP contribution in [0.15, 0.2) is 24.3 Å². The van der Waals surface area contributed by atoms with E-state index in [0.717, 1.165) is 31.7 Å². The summed E-state index contributed by atoms with van der Waals surface area (Å²) in [6, 6.07) is 7.19. The van der Waals surface area contributed by atoms with Crippen LogP contribution in [0.5, 0.6) is 0 Å². The van der Waals surface area contributed by atoms with Gasteiger partial charge in [0.1, 0.15) is 18.4 Å². The van der Waals surface area contributed by atoms with Crippen LogP contribution in [0.1, 0.15) is 50.0 Å². The highest BCUT2D eigenvalue weighted by Crippen LogP contribution is 2.40. The van der Waals surface area contributed by atoms with Gasteiger partial charge in [0.15, 0.2) is 24.5 Å². The van der Waals surface area contributed by atoms with Crippen LogP contribution >= 0.6 is 0 Å². The molecule has 0 amide bonds. The Morgan fingerprint density at radius 1 is 0.892 bits per heavy atom. The molecule has 12 heteroatoms. The summed E-state index contributed by atoms with van der Waals surface area (Å²) in [7, 11) is 0. The van der Waals surface area contributed by atoms with E-state index in [1.807, 2.05) is 12.1 Å². The number of cyclic esters (lactones) is 1. The van der Waals surface area contributed by atoms with Gasteiger partial charge < -0.3 is 33.0 Å². The summed E-state index contributed by atoms with van der Waals surface area (Å²) in [6.45, 7) is 4.46. The summed E-state index contributed by atoms with van der Waals surface area (Å²) in [5.41, 5.74) is 1.49. The van der Waals surface area contributed by atoms with Gasteiger partial charge in [-0.1, -0.05) is 18.2 Å². The van der Waals surface area contributed by atoms with Gasteiger partial charge in [-0.3, -0.25) is 19.2 Å². The highest BCUT2D eigenvalue weighted by Gasteiger charge is 2.54. The first kappa shape index (κ1) is 26.1. The Labute approximate surface area is 211 Å². The third kappa shape index (κ3) is 5.29. The number of para-hydroxylation sites is 1. The van der Waals surface area contributed by atoms with Gasteiger partial charge in [0.25, 0.3) is 0 Å². The molecular weight excluding hydrogens is 490 g/mol. The van der Waals surface area contributed by atoms with Crippen LogP contribution in [0.3, 0.4) is 0 Å². The van der Waals surface area contributed by atoms with Crippen molar-refractivity contribution < 1.29 is 52.4 Å². The fourth-order valence-electron chi connectivity index (χ4n) is 4.80. The van der Waals surface area contributed by atoms with Gasteiger partial charge >= 0.3 is 29.8 Å². The Hall–Kier alpha value is -3.93. The van der Waals surface area contributed by atoms with E-state index < -0.39 is 60.5 Å². The maximum Gasteiger partial charge on any atom is 0.355 e. The summed E-state index contributed by atoms with van der Waals surface area (Å²) in [5.74, 6) is -3.44. The van der Waals surface area contributed by atoms with Crippen LogP contribution in [0, 0.1) is 0 Å². The van der Waals surface area contributed by atoms with Crippen molar-refractivity contribution in [3.63, 3.8) is 0 Å². The maximum absolute atomic E-state index is 13.0. The first-order valence-electron chi connectivity index (χ1n) is 11.7. The molecule has 37 heavy (non-hydrogen) atoms. The second-order valence-corrected chi connectivity index (χ2v) is 8.69. The van der Waals surface area contributed by atoms with Crippen molar-refractivity contribution >= 4 is 40.7 Å². The largest absolute Gasteiger partial charge is 0.463 e. The van der Waals surface area contributed by atoms with Gasteiger partial charge in [-0.15, -0.1) is 0 Å². The summed E-state index contributed by atoms with van der Waals surface area (Å²) in [4.78, 5) is 60.9. The highest BCUT2D eigenvalue weighted by molar-refractivity contribution is 6.00. The van der Waals surface area contributed by atoms with E-state index in [0.29, 0.717) is 11.9 Å². The van der Waals surface area contributed by atoms with Crippen molar-refractivity contribution in [3.05, 3.63) is 35.5 Å². The smallest absolute Gasteiger partial charge is 0.355 e. The number of aromatic nitrogens is 1. The van der Waals surface area contributed by atoms with Gasteiger partial charge in [-0.05, 0) is 11.6 Å². The number of hydrogen-bond acceptors (Lipinski definition) is 11. The molecule has 2 aliphatic heterocycles. The van der Waals surface area contributed by atoms with Crippen LogP contribution < -0.4 is 0 Å². The topological polar surface area (TPSA) is 146 Å². The second-order valence-electron chi connectivity index (χ2n) is 8.69. The molecule has 2 aliphatic rings. The predicted octanol–water partition coefficient (Wildman–Crippen LogP) is 1.61. The van der Waals surface area contributed by atoms with Gasteiger partial charge in [-0.25, -0.2) is 4.79 Å². The van der Waals surface area contributed by atoms with Gasteiger partial charge in [0.05, 0.1) is 12.1 Å². The van der Waals surface area contributed by atoms with Crippen LogP contribution in [0.4, 0.5) is 0 Å². The number of fused-ring (bicyclic) bond motifs is 3. The molecule has 198 valence electrons. The van der Waals surface area contributed by atoms with Crippen molar-refractivity contribution in [3.8, 4) is 0 Å². The lowest BCUT2D eigenvalue weighted by Crippen LogP contribution is -2.60. The average molecular weight is 517 g/mol. The first-order valence-corrected chi connectivity index (χ1v) is 11.7. The maximum atomic E-state index is 13.0. The second kappa shape index (κ2) is 10.6. The average Bonchev–Trinajstić information content (AvgIpc) is 3.15. The quantitative estimate of drug-likeness (QED) is 0.407. The Balaban J connectivity index is 1.93. The number of nitrogens with zero attached hydrogens (tertiary/aromatic N) is 1. The van der Waals surface area contributed by atoms with Crippen molar-refractivity contribution in [1.29, 1.82) is 0 Å². The minimum absolute atomic E-state index is 0.188. The van der Waals surface area contributed by atoms with Gasteiger partial charge in [-0.2, -0.15) is 0 Å². The van der Waals surface area contributed by atoms with E-state index in [9.17, 15) is 24.0 Å². The molecule has 4 rings (SSSR count). The van der Waals surface area contributed by atoms with E-state index >= 15 is 0 Å². The third-order valence-electron chi connectivity index (χ3n) is 6.01. The standard InChI is InChI=1S/C25H27NO11/c1-12(27)33-11-19-21(34-13(2)28)22(35-14(3)29)23(36-15(4)30)24(37-19)26-18-8-6-5-7-16(18)17-9-10-32-25(31)20(17)26/h5-8,19,21-24H,9-11H2,1-4H3/t19-,21+,22+,23-,24-/m1/s1. The van der Waals surface area contributed by atoms with Crippen molar-refractivity contribution in [2.75, 3.05) is 13.2 Å². The Morgan fingerprint density at radius 2 is 1.51 bits per heavy atom. The van der Waals surface area contributed by atoms with Crippen LogP contribution in [-0.4, -0.2) is 72.0 Å². The van der Waals surface area contributed by atoms with Crippen LogP contribution in [0.25, 0.3) is 10.9 Å². The lowest BCUT2D eigenvalue weighted by Gasteiger charge is -2.45. The van der Waals surface area contributed by atoms with E-state index in [4.69, 9.17) is 28.4 Å². The Kier molecular flexibility index (Phi) is 7.48. The molecule has 5 atom stereocenters. The molecule has 0 N–H and O–H groups in total. The molecule has 3 heterocycles. The molecule has 0 spiro atoms. The first-order chi connectivity index (χ1) is 17.6. The molecule has 0 radical (unpaired) electrons. The zero-order chi connectivity index (χ0) is 26.9. The Morgan fingerprint density at radius 3 is 2.16 bits per heavy atom.